The molecule has 0 spiro atoms. The maximum Gasteiger partial charge on any atom is 0.140 e. The van der Waals surface area contributed by atoms with Crippen LogP contribution in [-0.4, -0.2) is 0 Å². The molecule has 0 N–H and O–H groups in total. The molecule has 0 heterocycles. The average molecular weight is 306 g/mol. The summed E-state index contributed by atoms with van der Waals surface area (Å²) in [6.07, 6.45) is 0. The molecule has 0 aliphatic rings. The van der Waals surface area contributed by atoms with Crippen LogP contribution in [0, 0.1) is 17.1 Å². The number of para-hydroxylation sites is 1. The van der Waals surface area contributed by atoms with Crippen LogP contribution in [0.5, 0.6) is 5.75 Å². The molecule has 90 valence electrons. The number of rotatable bonds is 3. The molecule has 0 fully saturated rings. The largest absolute Gasteiger partial charge is 0.488 e. The molecule has 0 saturated heterocycles. The zero-order valence-corrected chi connectivity index (χ0v) is 10.9. The predicted octanol–water partition coefficient (Wildman–Crippen LogP) is 4.04. The molecule has 2 aromatic carbocycles. The smallest absolute Gasteiger partial charge is 0.140 e. The van der Waals surface area contributed by atoms with Crippen LogP contribution >= 0.6 is 15.9 Å². The Labute approximate surface area is 113 Å². The van der Waals surface area contributed by atoms with Crippen LogP contribution in [-0.2, 0) is 6.61 Å². The zero-order chi connectivity index (χ0) is 13.0. The monoisotopic (exact) mass is 305 g/mol. The lowest BCUT2D eigenvalue weighted by atomic mass is 10.1. The Morgan fingerprint density at radius 2 is 2.00 bits per heavy atom. The van der Waals surface area contributed by atoms with Crippen molar-refractivity contribution in [1.82, 2.24) is 0 Å². The molecule has 0 amide bonds. The molecule has 0 atom stereocenters. The van der Waals surface area contributed by atoms with Crippen molar-refractivity contribution < 1.29 is 9.13 Å². The van der Waals surface area contributed by atoms with Gasteiger partial charge in [0.25, 0.3) is 0 Å². The van der Waals surface area contributed by atoms with E-state index in [0.717, 1.165) is 10.0 Å². The van der Waals surface area contributed by atoms with Crippen LogP contribution in [0.25, 0.3) is 0 Å². The fourth-order valence-electron chi connectivity index (χ4n) is 1.47. The normalized spacial score (nSPS) is 9.83. The molecule has 4 heteroatoms. The number of hydrogen-bond donors (Lipinski definition) is 0. The maximum atomic E-state index is 13.1. The molecule has 0 bridgehead atoms. The van der Waals surface area contributed by atoms with E-state index in [1.165, 1.54) is 12.1 Å². The molecule has 0 radical (unpaired) electrons. The summed E-state index contributed by atoms with van der Waals surface area (Å²) in [7, 11) is 0. The first-order chi connectivity index (χ1) is 8.70. The Balaban J connectivity index is 2.12. The van der Waals surface area contributed by atoms with Crippen molar-refractivity contribution in [2.24, 2.45) is 0 Å². The van der Waals surface area contributed by atoms with Gasteiger partial charge in [-0.2, -0.15) is 5.26 Å². The first kappa shape index (κ1) is 12.6. The van der Waals surface area contributed by atoms with Crippen LogP contribution in [0.2, 0.25) is 0 Å². The van der Waals surface area contributed by atoms with E-state index >= 15 is 0 Å². The van der Waals surface area contributed by atoms with Crippen LogP contribution < -0.4 is 4.74 Å². The summed E-state index contributed by atoms with van der Waals surface area (Å²) in [5, 5.41) is 8.73. The first-order valence-corrected chi connectivity index (χ1v) is 6.06. The second-order valence-electron chi connectivity index (χ2n) is 3.65. The van der Waals surface area contributed by atoms with Gasteiger partial charge in [0, 0.05) is 0 Å². The molecule has 0 aliphatic heterocycles. The van der Waals surface area contributed by atoms with Gasteiger partial charge in [-0.05, 0) is 45.8 Å². The van der Waals surface area contributed by atoms with Gasteiger partial charge in [-0.3, -0.25) is 0 Å². The van der Waals surface area contributed by atoms with Crippen molar-refractivity contribution in [3.63, 3.8) is 0 Å². The van der Waals surface area contributed by atoms with E-state index in [1.807, 2.05) is 24.3 Å². The van der Waals surface area contributed by atoms with E-state index in [1.54, 1.807) is 12.1 Å². The second-order valence-corrected chi connectivity index (χ2v) is 4.50. The topological polar surface area (TPSA) is 33.0 Å². The summed E-state index contributed by atoms with van der Waals surface area (Å²) in [6, 6.07) is 13.6. The Hall–Kier alpha value is -1.86. The lowest BCUT2D eigenvalue weighted by molar-refractivity contribution is 0.304. The number of nitriles is 1. The molecule has 0 saturated carbocycles. The van der Waals surface area contributed by atoms with Crippen molar-refractivity contribution in [1.29, 1.82) is 5.26 Å². The molecule has 0 aliphatic carbocycles. The average Bonchev–Trinajstić information content (AvgIpc) is 2.39. The molecular weight excluding hydrogens is 297 g/mol. The van der Waals surface area contributed by atoms with Crippen LogP contribution in [0.3, 0.4) is 0 Å². The Morgan fingerprint density at radius 3 is 2.72 bits per heavy atom. The lowest BCUT2D eigenvalue weighted by Crippen LogP contribution is -1.97. The Morgan fingerprint density at radius 1 is 1.22 bits per heavy atom. The highest BCUT2D eigenvalue weighted by Crippen LogP contribution is 2.24. The number of benzene rings is 2. The van der Waals surface area contributed by atoms with E-state index in [2.05, 4.69) is 15.9 Å². The summed E-state index contributed by atoms with van der Waals surface area (Å²) in [5.41, 5.74) is 0.784. The lowest BCUT2D eigenvalue weighted by Gasteiger charge is -2.08. The predicted molar refractivity (Wildman–Crippen MR) is 69.6 cm³/mol. The fraction of sp³-hybridized carbons (Fsp3) is 0.0714. The number of hydrogen-bond acceptors (Lipinski definition) is 2. The third kappa shape index (κ3) is 2.88. The van der Waals surface area contributed by atoms with Gasteiger partial charge in [0.15, 0.2) is 0 Å². The van der Waals surface area contributed by atoms with E-state index in [0.29, 0.717) is 5.75 Å². The quantitative estimate of drug-likeness (QED) is 0.857. The minimum atomic E-state index is -0.512. The second kappa shape index (κ2) is 5.65. The van der Waals surface area contributed by atoms with E-state index in [9.17, 15) is 4.39 Å². The standard InChI is InChI=1S/C14H9BrFNO/c15-12-3-1-2-4-14(12)18-9-10-5-6-13(16)11(7-10)8-17/h1-7H,9H2. The highest BCUT2D eigenvalue weighted by Gasteiger charge is 2.04. The van der Waals surface area contributed by atoms with E-state index in [4.69, 9.17) is 10.00 Å². The third-order valence-corrected chi connectivity index (χ3v) is 3.04. The van der Waals surface area contributed by atoms with Gasteiger partial charge in [-0.25, -0.2) is 4.39 Å². The van der Waals surface area contributed by atoms with Crippen molar-refractivity contribution in [3.05, 3.63) is 63.9 Å². The minimum absolute atomic E-state index is 0.0308. The molecule has 0 unspecified atom stereocenters. The SMILES string of the molecule is N#Cc1cc(COc2ccccc2Br)ccc1F. The molecule has 2 aromatic rings. The Kier molecular flexibility index (Phi) is 3.96. The third-order valence-electron chi connectivity index (χ3n) is 2.38. The van der Waals surface area contributed by atoms with Crippen molar-refractivity contribution in [2.75, 3.05) is 0 Å². The fourth-order valence-corrected chi connectivity index (χ4v) is 1.87. The summed E-state index contributed by atoms with van der Waals surface area (Å²) < 4.78 is 19.6. The van der Waals surface area contributed by atoms with Gasteiger partial charge in [-0.15, -0.1) is 0 Å². The van der Waals surface area contributed by atoms with Gasteiger partial charge in [0.2, 0.25) is 0 Å². The van der Waals surface area contributed by atoms with Crippen LogP contribution in [0.1, 0.15) is 11.1 Å². The number of ether oxygens (including phenoxy) is 1. The summed E-state index contributed by atoms with van der Waals surface area (Å²) >= 11 is 3.37. The van der Waals surface area contributed by atoms with Gasteiger partial charge in [0.1, 0.15) is 24.2 Å². The highest BCUT2D eigenvalue weighted by molar-refractivity contribution is 9.10. The maximum absolute atomic E-state index is 13.1. The molecule has 18 heavy (non-hydrogen) atoms. The highest BCUT2D eigenvalue weighted by atomic mass is 79.9. The summed E-state index contributed by atoms with van der Waals surface area (Å²) in [5.74, 6) is 0.197. The van der Waals surface area contributed by atoms with Crippen molar-refractivity contribution in [3.8, 4) is 11.8 Å². The first-order valence-electron chi connectivity index (χ1n) is 5.26. The van der Waals surface area contributed by atoms with E-state index < -0.39 is 5.82 Å². The molecule has 0 aromatic heterocycles. The minimum Gasteiger partial charge on any atom is -0.488 e. The van der Waals surface area contributed by atoms with Gasteiger partial charge in [-0.1, -0.05) is 18.2 Å². The number of nitrogens with zero attached hydrogens (tertiary/aromatic N) is 1. The number of halogens is 2. The summed E-state index contributed by atoms with van der Waals surface area (Å²) in [4.78, 5) is 0. The van der Waals surface area contributed by atoms with Crippen molar-refractivity contribution in [2.45, 2.75) is 6.61 Å². The molecule has 2 nitrogen and oxygen atoms in total. The van der Waals surface area contributed by atoms with Gasteiger partial charge >= 0.3 is 0 Å². The molecular formula is C14H9BrFNO. The zero-order valence-electron chi connectivity index (χ0n) is 9.36. The van der Waals surface area contributed by atoms with Crippen LogP contribution in [0.4, 0.5) is 4.39 Å². The Bertz CT molecular complexity index is 607. The van der Waals surface area contributed by atoms with Crippen LogP contribution in [0.15, 0.2) is 46.9 Å². The van der Waals surface area contributed by atoms with E-state index in [-0.39, 0.29) is 12.2 Å². The molecule has 2 rings (SSSR count). The summed E-state index contributed by atoms with van der Waals surface area (Å²) in [6.45, 7) is 0.289. The van der Waals surface area contributed by atoms with Crippen molar-refractivity contribution >= 4 is 15.9 Å². The van der Waals surface area contributed by atoms with Gasteiger partial charge in [0.05, 0.1) is 10.0 Å². The van der Waals surface area contributed by atoms with Gasteiger partial charge < -0.3 is 4.74 Å².